The van der Waals surface area contributed by atoms with Gasteiger partial charge in [-0.15, -0.1) is 0 Å². The monoisotopic (exact) mass is 297 g/mol. The molecular formula is C12H19N5O2S. The normalized spacial score (nSPS) is 16.0. The quantitative estimate of drug-likeness (QED) is 0.752. The molecule has 1 aromatic rings. The van der Waals surface area contributed by atoms with Crippen LogP contribution in [0.5, 0.6) is 0 Å². The average Bonchev–Trinajstić information content (AvgIpc) is 3.07. The summed E-state index contributed by atoms with van der Waals surface area (Å²) < 4.78 is 3.97. The van der Waals surface area contributed by atoms with Crippen molar-refractivity contribution in [3.8, 4) is 0 Å². The van der Waals surface area contributed by atoms with E-state index in [0.29, 0.717) is 10.6 Å². The number of likely N-dealkylation sites (tertiary alicyclic amines) is 1. The van der Waals surface area contributed by atoms with E-state index in [1.807, 2.05) is 4.90 Å². The molecule has 7 nitrogen and oxygen atoms in total. The molecule has 20 heavy (non-hydrogen) atoms. The van der Waals surface area contributed by atoms with Gasteiger partial charge in [-0.3, -0.25) is 9.59 Å². The van der Waals surface area contributed by atoms with Crippen molar-refractivity contribution in [3.05, 3.63) is 5.56 Å². The lowest BCUT2D eigenvalue weighted by Gasteiger charge is -2.21. The number of nitrogens with one attached hydrogen (secondary N) is 2. The van der Waals surface area contributed by atoms with E-state index in [1.54, 1.807) is 6.92 Å². The molecule has 1 aliphatic rings. The standard InChI is InChI=1S/C12H19N5O2S/c1-7(12(19)17-5-3-4-6-17)15-11-8(10(18)14-2)9(13)16-20-11/h7,15H,3-6H2,1-2H3,(H2,13,16)(H,14,18). The molecule has 1 saturated heterocycles. The zero-order valence-corrected chi connectivity index (χ0v) is 12.4. The molecule has 1 atom stereocenters. The van der Waals surface area contributed by atoms with Gasteiger partial charge in [0.15, 0.2) is 5.82 Å². The highest BCUT2D eigenvalue weighted by Crippen LogP contribution is 2.27. The van der Waals surface area contributed by atoms with Gasteiger partial charge in [-0.1, -0.05) is 0 Å². The van der Waals surface area contributed by atoms with Crippen molar-refractivity contribution < 1.29 is 9.59 Å². The van der Waals surface area contributed by atoms with E-state index in [-0.39, 0.29) is 17.6 Å². The smallest absolute Gasteiger partial charge is 0.257 e. The molecule has 1 aromatic heterocycles. The number of nitrogen functional groups attached to an aromatic ring is 1. The summed E-state index contributed by atoms with van der Waals surface area (Å²) in [4.78, 5) is 25.8. The highest BCUT2D eigenvalue weighted by molar-refractivity contribution is 7.11. The highest BCUT2D eigenvalue weighted by Gasteiger charge is 2.26. The third-order valence-electron chi connectivity index (χ3n) is 3.31. The Morgan fingerprint density at radius 3 is 2.65 bits per heavy atom. The fourth-order valence-corrected chi connectivity index (χ4v) is 3.01. The van der Waals surface area contributed by atoms with Crippen molar-refractivity contribution in [2.75, 3.05) is 31.2 Å². The average molecular weight is 297 g/mol. The van der Waals surface area contributed by atoms with Crippen LogP contribution in [-0.4, -0.2) is 47.3 Å². The van der Waals surface area contributed by atoms with E-state index in [2.05, 4.69) is 15.0 Å². The lowest BCUT2D eigenvalue weighted by atomic mass is 10.2. The van der Waals surface area contributed by atoms with E-state index in [4.69, 9.17) is 5.73 Å². The minimum absolute atomic E-state index is 0.0392. The van der Waals surface area contributed by atoms with Crippen LogP contribution in [0.1, 0.15) is 30.1 Å². The van der Waals surface area contributed by atoms with Gasteiger partial charge in [0.2, 0.25) is 5.91 Å². The second-order valence-electron chi connectivity index (χ2n) is 4.75. The number of hydrogen-bond donors (Lipinski definition) is 3. The molecule has 110 valence electrons. The van der Waals surface area contributed by atoms with Gasteiger partial charge < -0.3 is 21.3 Å². The molecule has 2 rings (SSSR count). The van der Waals surface area contributed by atoms with E-state index in [9.17, 15) is 9.59 Å². The van der Waals surface area contributed by atoms with E-state index >= 15 is 0 Å². The summed E-state index contributed by atoms with van der Waals surface area (Å²) in [6.45, 7) is 3.39. The largest absolute Gasteiger partial charge is 0.382 e. The molecule has 0 bridgehead atoms. The molecule has 8 heteroatoms. The van der Waals surface area contributed by atoms with Crippen LogP contribution in [0.25, 0.3) is 0 Å². The number of carbonyl (C=O) groups is 2. The molecule has 0 saturated carbocycles. The van der Waals surface area contributed by atoms with Gasteiger partial charge in [-0.2, -0.15) is 4.37 Å². The third kappa shape index (κ3) is 2.84. The predicted octanol–water partition coefficient (Wildman–Crippen LogP) is 0.508. The second-order valence-corrected chi connectivity index (χ2v) is 5.52. The molecule has 4 N–H and O–H groups in total. The van der Waals surface area contributed by atoms with Crippen molar-refractivity contribution in [1.82, 2.24) is 14.6 Å². The topological polar surface area (TPSA) is 100 Å². The number of aromatic nitrogens is 1. The minimum Gasteiger partial charge on any atom is -0.382 e. The van der Waals surface area contributed by atoms with Gasteiger partial charge in [0, 0.05) is 20.1 Å². The second kappa shape index (κ2) is 6.08. The number of amides is 2. The van der Waals surface area contributed by atoms with Crippen molar-refractivity contribution in [2.24, 2.45) is 0 Å². The number of hydrogen-bond acceptors (Lipinski definition) is 6. The molecule has 0 spiro atoms. The Kier molecular flexibility index (Phi) is 4.43. The predicted molar refractivity (Wildman–Crippen MR) is 78.8 cm³/mol. The molecule has 1 aliphatic heterocycles. The first-order chi connectivity index (χ1) is 9.54. The van der Waals surface area contributed by atoms with Crippen LogP contribution in [0.3, 0.4) is 0 Å². The summed E-state index contributed by atoms with van der Waals surface area (Å²) in [6, 6.07) is -0.406. The molecule has 0 radical (unpaired) electrons. The Balaban J connectivity index is 2.09. The Labute approximate surface area is 121 Å². The Bertz CT molecular complexity index is 510. The summed E-state index contributed by atoms with van der Waals surface area (Å²) in [7, 11) is 1.53. The maximum Gasteiger partial charge on any atom is 0.257 e. The van der Waals surface area contributed by atoms with Gasteiger partial charge >= 0.3 is 0 Å². The lowest BCUT2D eigenvalue weighted by molar-refractivity contribution is -0.130. The van der Waals surface area contributed by atoms with Crippen LogP contribution in [0.2, 0.25) is 0 Å². The van der Waals surface area contributed by atoms with Crippen molar-refractivity contribution >= 4 is 34.2 Å². The molecule has 2 heterocycles. The maximum absolute atomic E-state index is 12.2. The zero-order valence-electron chi connectivity index (χ0n) is 11.6. The Morgan fingerprint density at radius 2 is 2.05 bits per heavy atom. The number of carbonyl (C=O) groups excluding carboxylic acids is 2. The van der Waals surface area contributed by atoms with Crippen molar-refractivity contribution in [2.45, 2.75) is 25.8 Å². The van der Waals surface area contributed by atoms with Crippen LogP contribution in [0.4, 0.5) is 10.8 Å². The van der Waals surface area contributed by atoms with E-state index in [1.165, 1.54) is 7.05 Å². The lowest BCUT2D eigenvalue weighted by Crippen LogP contribution is -2.39. The summed E-state index contributed by atoms with van der Waals surface area (Å²) in [6.07, 6.45) is 2.10. The number of nitrogens with zero attached hydrogens (tertiary/aromatic N) is 2. The van der Waals surface area contributed by atoms with Gasteiger partial charge in [0.1, 0.15) is 16.6 Å². The van der Waals surface area contributed by atoms with Crippen LogP contribution in [-0.2, 0) is 4.79 Å². The first-order valence-corrected chi connectivity index (χ1v) is 7.34. The molecule has 2 amide bonds. The van der Waals surface area contributed by atoms with Gasteiger partial charge in [-0.25, -0.2) is 0 Å². The fraction of sp³-hybridized carbons (Fsp3) is 0.583. The van der Waals surface area contributed by atoms with Crippen LogP contribution in [0.15, 0.2) is 0 Å². The Hall–Kier alpha value is -1.83. The molecule has 1 unspecified atom stereocenters. The molecule has 0 aromatic carbocycles. The molecule has 1 fully saturated rings. The third-order valence-corrected chi connectivity index (χ3v) is 4.10. The van der Waals surface area contributed by atoms with E-state index in [0.717, 1.165) is 37.5 Å². The van der Waals surface area contributed by atoms with Crippen molar-refractivity contribution in [3.63, 3.8) is 0 Å². The minimum atomic E-state index is -0.406. The fourth-order valence-electron chi connectivity index (χ4n) is 2.22. The van der Waals surface area contributed by atoms with E-state index < -0.39 is 6.04 Å². The summed E-state index contributed by atoms with van der Waals surface area (Å²) in [5, 5.41) is 6.10. The number of nitrogens with two attached hydrogens (primary N) is 1. The first-order valence-electron chi connectivity index (χ1n) is 6.57. The highest BCUT2D eigenvalue weighted by atomic mass is 32.1. The number of rotatable bonds is 4. The van der Waals surface area contributed by atoms with Crippen LogP contribution < -0.4 is 16.4 Å². The Morgan fingerprint density at radius 1 is 1.40 bits per heavy atom. The summed E-state index contributed by atoms with van der Waals surface area (Å²) in [5.74, 6) is -0.0884. The van der Waals surface area contributed by atoms with Crippen LogP contribution >= 0.6 is 11.5 Å². The summed E-state index contributed by atoms with van der Waals surface area (Å²) >= 11 is 1.09. The molecular weight excluding hydrogens is 278 g/mol. The van der Waals surface area contributed by atoms with Gasteiger partial charge in [0.05, 0.1) is 0 Å². The zero-order chi connectivity index (χ0) is 14.7. The SMILES string of the molecule is CNC(=O)c1c(N)nsc1NC(C)C(=O)N1CCCC1. The molecule has 0 aliphatic carbocycles. The summed E-state index contributed by atoms with van der Waals surface area (Å²) in [5.41, 5.74) is 6.00. The number of anilines is 2. The maximum atomic E-state index is 12.2. The van der Waals surface area contributed by atoms with Crippen LogP contribution in [0, 0.1) is 0 Å². The van der Waals surface area contributed by atoms with Gasteiger partial charge in [0.25, 0.3) is 5.91 Å². The first kappa shape index (κ1) is 14.6. The van der Waals surface area contributed by atoms with Gasteiger partial charge in [-0.05, 0) is 31.3 Å². The van der Waals surface area contributed by atoms with Crippen molar-refractivity contribution in [1.29, 1.82) is 0 Å².